The van der Waals surface area contributed by atoms with Crippen LogP contribution in [0, 0.1) is 5.41 Å². The average Bonchev–Trinajstić information content (AvgIpc) is 3.22. The topological polar surface area (TPSA) is 104 Å². The highest BCUT2D eigenvalue weighted by Gasteiger charge is 2.43. The maximum Gasteiger partial charge on any atom is 0.311 e. The van der Waals surface area contributed by atoms with E-state index in [1.165, 1.54) is 0 Å². The number of aliphatic hydroxyl groups is 2. The van der Waals surface area contributed by atoms with Crippen molar-refractivity contribution in [2.75, 3.05) is 20.3 Å². The van der Waals surface area contributed by atoms with E-state index >= 15 is 0 Å². The van der Waals surface area contributed by atoms with E-state index in [0.29, 0.717) is 19.6 Å². The third-order valence-electron chi connectivity index (χ3n) is 7.23. The smallest absolute Gasteiger partial charge is 0.311 e. The van der Waals surface area contributed by atoms with Gasteiger partial charge in [0.2, 0.25) is 0 Å². The van der Waals surface area contributed by atoms with Crippen molar-refractivity contribution < 1.29 is 38.4 Å². The van der Waals surface area contributed by atoms with E-state index in [2.05, 4.69) is 33.9 Å². The van der Waals surface area contributed by atoms with Crippen LogP contribution in [0.4, 0.5) is 0 Å². The average molecular weight is 541 g/mol. The molecule has 37 heavy (non-hydrogen) atoms. The molecule has 1 fully saturated rings. The lowest BCUT2D eigenvalue weighted by Gasteiger charge is -2.37. The van der Waals surface area contributed by atoms with Crippen LogP contribution in [-0.4, -0.2) is 75.3 Å². The molecule has 0 radical (unpaired) electrons. The minimum absolute atomic E-state index is 0.0309. The maximum atomic E-state index is 12.0. The molecule has 1 aromatic rings. The predicted octanol–water partition coefficient (Wildman–Crippen LogP) is 4.46. The summed E-state index contributed by atoms with van der Waals surface area (Å²) in [6.07, 6.45) is -2.58. The molecule has 0 unspecified atom stereocenters. The van der Waals surface area contributed by atoms with E-state index in [1.807, 2.05) is 24.3 Å². The molecule has 0 saturated carbocycles. The van der Waals surface area contributed by atoms with E-state index < -0.39 is 38.0 Å². The second-order valence-corrected chi connectivity index (χ2v) is 17.3. The van der Waals surface area contributed by atoms with Gasteiger partial charge >= 0.3 is 5.97 Å². The van der Waals surface area contributed by atoms with Crippen LogP contribution in [0.15, 0.2) is 24.3 Å². The van der Waals surface area contributed by atoms with E-state index in [9.17, 15) is 15.0 Å². The predicted molar refractivity (Wildman–Crippen MR) is 145 cm³/mol. The number of aliphatic hydroxyl groups excluding tert-OH is 2. The molecule has 1 aliphatic rings. The molecule has 0 bridgehead atoms. The summed E-state index contributed by atoms with van der Waals surface area (Å²) in [5.74, 6) is 0.386. The molecule has 2 rings (SSSR count). The van der Waals surface area contributed by atoms with Crippen molar-refractivity contribution in [2.24, 2.45) is 5.41 Å². The Hall–Kier alpha value is -1.49. The Morgan fingerprint density at radius 2 is 1.73 bits per heavy atom. The fourth-order valence-corrected chi connectivity index (χ4v) is 4.65. The van der Waals surface area contributed by atoms with Crippen molar-refractivity contribution in [1.29, 1.82) is 0 Å². The summed E-state index contributed by atoms with van der Waals surface area (Å²) in [4.78, 5) is 12.0. The SMILES string of the molecule is COc1ccc(CO[C@H]2C[C@@H]([C@@H](O)C[C@@H](O)COC(=O)C(C)(C)C)O[C@H]2CO[Si](C)(C)C(C)(C)C)cc1. The van der Waals surface area contributed by atoms with Crippen LogP contribution in [0.2, 0.25) is 18.1 Å². The molecule has 9 heteroatoms. The normalized spacial score (nSPS) is 22.5. The van der Waals surface area contributed by atoms with Crippen molar-refractivity contribution in [3.63, 3.8) is 0 Å². The second kappa shape index (κ2) is 13.0. The summed E-state index contributed by atoms with van der Waals surface area (Å²) in [6, 6.07) is 7.69. The second-order valence-electron chi connectivity index (χ2n) is 12.5. The number of ether oxygens (including phenoxy) is 4. The van der Waals surface area contributed by atoms with Crippen LogP contribution >= 0.6 is 0 Å². The first-order valence-electron chi connectivity index (χ1n) is 13.1. The zero-order valence-electron chi connectivity index (χ0n) is 24.1. The van der Waals surface area contributed by atoms with Crippen LogP contribution in [-0.2, 0) is 30.0 Å². The first-order chi connectivity index (χ1) is 17.0. The van der Waals surface area contributed by atoms with E-state index in [0.717, 1.165) is 11.3 Å². The lowest BCUT2D eigenvalue weighted by molar-refractivity contribution is -0.157. The standard InChI is InChI=1S/C28H48O8Si/c1-27(2,3)26(31)34-17-20(29)14-22(30)23-15-24(33-16-19-10-12-21(32-7)13-11-19)25(36-23)18-35-37(8,9)28(4,5)6/h10-13,20,22-25,29-30H,14-18H2,1-9H3/t20-,22+,23+,24+,25+/m1/s1. The number of hydrogen-bond acceptors (Lipinski definition) is 8. The van der Waals surface area contributed by atoms with Gasteiger partial charge in [-0.2, -0.15) is 0 Å². The van der Waals surface area contributed by atoms with Gasteiger partial charge in [0.05, 0.1) is 50.2 Å². The number of carbonyl (C=O) groups is 1. The first-order valence-corrected chi connectivity index (χ1v) is 16.0. The van der Waals surface area contributed by atoms with E-state index in [-0.39, 0.29) is 30.3 Å². The van der Waals surface area contributed by atoms with Crippen molar-refractivity contribution in [3.8, 4) is 5.75 Å². The van der Waals surface area contributed by atoms with Crippen LogP contribution in [0.1, 0.15) is 59.9 Å². The minimum Gasteiger partial charge on any atom is -0.497 e. The van der Waals surface area contributed by atoms with Gasteiger partial charge < -0.3 is 33.6 Å². The number of benzene rings is 1. The highest BCUT2D eigenvalue weighted by Crippen LogP contribution is 2.37. The van der Waals surface area contributed by atoms with Crippen LogP contribution in [0.25, 0.3) is 0 Å². The molecule has 5 atom stereocenters. The van der Waals surface area contributed by atoms with Gasteiger partial charge in [0, 0.05) is 12.8 Å². The van der Waals surface area contributed by atoms with Gasteiger partial charge in [0.25, 0.3) is 0 Å². The van der Waals surface area contributed by atoms with Gasteiger partial charge in [-0.15, -0.1) is 0 Å². The van der Waals surface area contributed by atoms with E-state index in [4.69, 9.17) is 23.4 Å². The Balaban J connectivity index is 2.01. The Morgan fingerprint density at radius 1 is 1.11 bits per heavy atom. The molecule has 1 aliphatic heterocycles. The Labute approximate surface area is 223 Å². The zero-order chi connectivity index (χ0) is 28.0. The van der Waals surface area contributed by atoms with E-state index in [1.54, 1.807) is 27.9 Å². The highest BCUT2D eigenvalue weighted by molar-refractivity contribution is 6.74. The van der Waals surface area contributed by atoms with Gasteiger partial charge in [-0.05, 0) is 56.6 Å². The third kappa shape index (κ3) is 9.64. The number of carbonyl (C=O) groups excluding carboxylic acids is 1. The lowest BCUT2D eigenvalue weighted by Crippen LogP contribution is -2.44. The van der Waals surface area contributed by atoms with Crippen molar-refractivity contribution in [1.82, 2.24) is 0 Å². The quantitative estimate of drug-likeness (QED) is 0.296. The molecule has 8 nitrogen and oxygen atoms in total. The van der Waals surface area contributed by atoms with Crippen molar-refractivity contribution in [3.05, 3.63) is 29.8 Å². The van der Waals surface area contributed by atoms with Crippen LogP contribution < -0.4 is 4.74 Å². The van der Waals surface area contributed by atoms with Gasteiger partial charge in [-0.1, -0.05) is 32.9 Å². The Morgan fingerprint density at radius 3 is 2.27 bits per heavy atom. The molecule has 0 aliphatic carbocycles. The number of methoxy groups -OCH3 is 1. The van der Waals surface area contributed by atoms with Gasteiger partial charge in [0.15, 0.2) is 8.32 Å². The monoisotopic (exact) mass is 540 g/mol. The third-order valence-corrected chi connectivity index (χ3v) is 11.7. The molecule has 0 spiro atoms. The fraction of sp³-hybridized carbons (Fsp3) is 0.750. The summed E-state index contributed by atoms with van der Waals surface area (Å²) in [5.41, 5.74) is 0.351. The van der Waals surface area contributed by atoms with Crippen molar-refractivity contribution in [2.45, 2.75) is 110 Å². The number of rotatable bonds is 12. The lowest BCUT2D eigenvalue weighted by atomic mass is 9.97. The first kappa shape index (κ1) is 31.7. The van der Waals surface area contributed by atoms with Gasteiger partial charge in [0.1, 0.15) is 18.5 Å². The molecule has 0 aromatic heterocycles. The zero-order valence-corrected chi connectivity index (χ0v) is 25.1. The minimum atomic E-state index is -2.01. The molecule has 1 heterocycles. The largest absolute Gasteiger partial charge is 0.497 e. The molecular weight excluding hydrogens is 492 g/mol. The number of esters is 1. The summed E-state index contributed by atoms with van der Waals surface area (Å²) in [7, 11) is -0.382. The molecule has 1 aromatic carbocycles. The Bertz CT molecular complexity index is 843. The summed E-state index contributed by atoms with van der Waals surface area (Å²) >= 11 is 0. The van der Waals surface area contributed by atoms with Crippen LogP contribution in [0.5, 0.6) is 5.75 Å². The van der Waals surface area contributed by atoms with Crippen LogP contribution in [0.3, 0.4) is 0 Å². The maximum absolute atomic E-state index is 12.0. The molecular formula is C28H48O8Si. The number of hydrogen-bond donors (Lipinski definition) is 2. The Kier molecular flexibility index (Phi) is 11.2. The van der Waals surface area contributed by atoms with Gasteiger partial charge in [-0.3, -0.25) is 4.79 Å². The molecule has 2 N–H and O–H groups in total. The summed E-state index contributed by atoms with van der Waals surface area (Å²) < 4.78 is 29.3. The molecule has 1 saturated heterocycles. The molecule has 212 valence electrons. The van der Waals surface area contributed by atoms with Crippen molar-refractivity contribution >= 4 is 14.3 Å². The fourth-order valence-electron chi connectivity index (χ4n) is 3.64. The van der Waals surface area contributed by atoms with Gasteiger partial charge in [-0.25, -0.2) is 0 Å². The molecule has 0 amide bonds. The summed E-state index contributed by atoms with van der Waals surface area (Å²) in [6.45, 7) is 16.8. The summed E-state index contributed by atoms with van der Waals surface area (Å²) in [5, 5.41) is 21.3. The highest BCUT2D eigenvalue weighted by atomic mass is 28.4.